The third kappa shape index (κ3) is 4.31. The third-order valence-electron chi connectivity index (χ3n) is 4.08. The maximum Gasteiger partial charge on any atom is 0.280 e. The number of hydrogen-bond donors (Lipinski definition) is 0. The van der Waals surface area contributed by atoms with Crippen LogP contribution in [0.1, 0.15) is 44.0 Å². The van der Waals surface area contributed by atoms with Crippen LogP contribution < -0.4 is 0 Å². The number of carbonyl (C=O) groups excluding carboxylic acids is 1. The minimum atomic E-state index is -0.157. The molecule has 1 aromatic carbocycles. The van der Waals surface area contributed by atoms with E-state index in [0.717, 1.165) is 41.3 Å². The van der Waals surface area contributed by atoms with E-state index in [1.54, 1.807) is 6.20 Å². The van der Waals surface area contributed by atoms with E-state index in [1.807, 2.05) is 50.3 Å². The summed E-state index contributed by atoms with van der Waals surface area (Å²) in [6.07, 6.45) is 8.25. The quantitative estimate of drug-likeness (QED) is 0.533. The molecule has 25 heavy (non-hydrogen) atoms. The number of nitrogens with zero attached hydrogens (tertiary/aromatic N) is 3. The van der Waals surface area contributed by atoms with Gasteiger partial charge in [-0.05, 0) is 37.5 Å². The summed E-state index contributed by atoms with van der Waals surface area (Å²) in [6, 6.07) is 3.92. The molecule has 1 heterocycles. The van der Waals surface area contributed by atoms with E-state index in [1.165, 1.54) is 4.68 Å². The molecule has 134 valence electrons. The Bertz CT molecular complexity index is 831. The van der Waals surface area contributed by atoms with E-state index in [9.17, 15) is 4.79 Å². The minimum Gasteiger partial charge on any atom is -0.383 e. The van der Waals surface area contributed by atoms with Gasteiger partial charge in [0.05, 0.1) is 22.3 Å². The van der Waals surface area contributed by atoms with E-state index in [2.05, 4.69) is 18.9 Å². The predicted molar refractivity (Wildman–Crippen MR) is 105 cm³/mol. The molecule has 0 aliphatic carbocycles. The number of carbonyl (C=O) groups is 1. The Balaban J connectivity index is 2.52. The summed E-state index contributed by atoms with van der Waals surface area (Å²) < 4.78 is 1.44. The summed E-state index contributed by atoms with van der Waals surface area (Å²) in [5, 5.41) is 5.82. The molecule has 4 nitrogen and oxygen atoms in total. The second kappa shape index (κ2) is 8.34. The topological polar surface area (TPSA) is 38.1 Å². The second-order valence-corrected chi connectivity index (χ2v) is 6.85. The van der Waals surface area contributed by atoms with Crippen molar-refractivity contribution in [2.75, 3.05) is 14.1 Å². The van der Waals surface area contributed by atoms with Crippen LogP contribution in [0.3, 0.4) is 0 Å². The number of aromatic nitrogens is 2. The van der Waals surface area contributed by atoms with Crippen molar-refractivity contribution in [2.24, 2.45) is 0 Å². The number of allylic oxidation sites excluding steroid dienone is 3. The number of benzene rings is 1. The van der Waals surface area contributed by atoms with E-state index in [0.29, 0.717) is 10.6 Å². The molecule has 0 fully saturated rings. The van der Waals surface area contributed by atoms with Crippen molar-refractivity contribution < 1.29 is 4.79 Å². The number of aryl methyl sites for hydroxylation is 1. The van der Waals surface area contributed by atoms with Crippen molar-refractivity contribution in [1.82, 2.24) is 14.7 Å². The van der Waals surface area contributed by atoms with Gasteiger partial charge in [-0.25, -0.2) is 0 Å². The summed E-state index contributed by atoms with van der Waals surface area (Å²) in [4.78, 5) is 14.9. The Hall–Kier alpha value is -2.07. The number of hydrogen-bond acceptors (Lipinski definition) is 3. The summed E-state index contributed by atoms with van der Waals surface area (Å²) in [7, 11) is 3.80. The predicted octanol–water partition coefficient (Wildman–Crippen LogP) is 5.08. The molecule has 1 aromatic heterocycles. The zero-order valence-electron chi connectivity index (χ0n) is 15.6. The molecule has 0 N–H and O–H groups in total. The van der Waals surface area contributed by atoms with Crippen LogP contribution in [-0.4, -0.2) is 34.7 Å². The average molecular weight is 360 g/mol. The standard InChI is InChI=1S/C20H26ClN3O/c1-6-8-15-9-10-18-17(19(15)21)12-22-24(18)20(25)16(13-23(4)5)11-14(3)7-2/h9-13H,6-8H2,1-5H3/b14-11+,16-13+. The summed E-state index contributed by atoms with van der Waals surface area (Å²) >= 11 is 6.51. The molecule has 0 amide bonds. The molecular formula is C20H26ClN3O. The zero-order chi connectivity index (χ0) is 18.6. The lowest BCUT2D eigenvalue weighted by molar-refractivity contribution is 0.0948. The van der Waals surface area contributed by atoms with Gasteiger partial charge >= 0.3 is 0 Å². The van der Waals surface area contributed by atoms with E-state index in [4.69, 9.17) is 11.6 Å². The Labute approximate surface area is 154 Å². The molecular weight excluding hydrogens is 334 g/mol. The molecule has 2 aromatic rings. The lowest BCUT2D eigenvalue weighted by Crippen LogP contribution is -2.16. The van der Waals surface area contributed by atoms with Crippen LogP contribution in [0, 0.1) is 0 Å². The first kappa shape index (κ1) is 19.3. The van der Waals surface area contributed by atoms with Crippen molar-refractivity contribution in [2.45, 2.75) is 40.0 Å². The fourth-order valence-electron chi connectivity index (χ4n) is 2.66. The molecule has 5 heteroatoms. The fraction of sp³-hybridized carbons (Fsp3) is 0.400. The Morgan fingerprint density at radius 3 is 2.64 bits per heavy atom. The molecule has 0 aliphatic rings. The summed E-state index contributed by atoms with van der Waals surface area (Å²) in [5.41, 5.74) is 3.57. The monoisotopic (exact) mass is 359 g/mol. The molecule has 2 rings (SSSR count). The van der Waals surface area contributed by atoms with Crippen LogP contribution in [0.4, 0.5) is 0 Å². The second-order valence-electron chi connectivity index (χ2n) is 6.48. The fourth-order valence-corrected chi connectivity index (χ4v) is 2.96. The van der Waals surface area contributed by atoms with Crippen molar-refractivity contribution in [3.8, 4) is 0 Å². The Kier molecular flexibility index (Phi) is 6.43. The molecule has 0 aliphatic heterocycles. The van der Waals surface area contributed by atoms with Gasteiger partial charge in [0.2, 0.25) is 0 Å². The van der Waals surface area contributed by atoms with Gasteiger partial charge in [-0.15, -0.1) is 0 Å². The van der Waals surface area contributed by atoms with Crippen molar-refractivity contribution in [3.63, 3.8) is 0 Å². The van der Waals surface area contributed by atoms with Crippen LogP contribution >= 0.6 is 11.6 Å². The molecule has 0 bridgehead atoms. The van der Waals surface area contributed by atoms with Crippen LogP contribution in [0.2, 0.25) is 5.02 Å². The van der Waals surface area contributed by atoms with Gasteiger partial charge in [0.25, 0.3) is 5.91 Å². The normalized spacial score (nSPS) is 12.7. The van der Waals surface area contributed by atoms with Crippen LogP contribution in [0.25, 0.3) is 10.9 Å². The SMILES string of the molecule is CCCc1ccc2c(cnn2C(=O)C(/C=C(\C)CC)=C/N(C)C)c1Cl. The molecule has 0 saturated heterocycles. The van der Waals surface area contributed by atoms with Gasteiger partial charge in [-0.1, -0.05) is 43.5 Å². The van der Waals surface area contributed by atoms with Crippen LogP contribution in [-0.2, 0) is 6.42 Å². The smallest absolute Gasteiger partial charge is 0.280 e. The first-order chi connectivity index (χ1) is 11.9. The largest absolute Gasteiger partial charge is 0.383 e. The molecule has 0 unspecified atom stereocenters. The number of rotatable bonds is 6. The van der Waals surface area contributed by atoms with Crippen molar-refractivity contribution in [1.29, 1.82) is 0 Å². The van der Waals surface area contributed by atoms with Gasteiger partial charge in [0.15, 0.2) is 0 Å². The summed E-state index contributed by atoms with van der Waals surface area (Å²) in [5.74, 6) is -0.157. The van der Waals surface area contributed by atoms with E-state index in [-0.39, 0.29) is 5.91 Å². The highest BCUT2D eigenvalue weighted by molar-refractivity contribution is 6.36. The average Bonchev–Trinajstić information content (AvgIpc) is 3.00. The van der Waals surface area contributed by atoms with Crippen LogP contribution in [0.15, 0.2) is 41.8 Å². The lowest BCUT2D eigenvalue weighted by Gasteiger charge is -2.10. The van der Waals surface area contributed by atoms with E-state index >= 15 is 0 Å². The number of halogens is 1. The third-order valence-corrected chi connectivity index (χ3v) is 4.53. The van der Waals surface area contributed by atoms with Gasteiger partial charge < -0.3 is 4.90 Å². The Morgan fingerprint density at radius 1 is 1.32 bits per heavy atom. The maximum absolute atomic E-state index is 13.0. The van der Waals surface area contributed by atoms with Gasteiger partial charge in [0.1, 0.15) is 0 Å². The zero-order valence-corrected chi connectivity index (χ0v) is 16.4. The van der Waals surface area contributed by atoms with Gasteiger partial charge in [-0.2, -0.15) is 9.78 Å². The molecule has 0 atom stereocenters. The Morgan fingerprint density at radius 2 is 2.04 bits per heavy atom. The first-order valence-corrected chi connectivity index (χ1v) is 9.02. The van der Waals surface area contributed by atoms with E-state index < -0.39 is 0 Å². The van der Waals surface area contributed by atoms with Crippen molar-refractivity contribution >= 4 is 28.4 Å². The van der Waals surface area contributed by atoms with Gasteiger partial charge in [-0.3, -0.25) is 4.79 Å². The lowest BCUT2D eigenvalue weighted by atomic mass is 10.1. The molecule has 0 saturated carbocycles. The molecule has 0 spiro atoms. The van der Waals surface area contributed by atoms with Crippen molar-refractivity contribution in [3.05, 3.63) is 52.3 Å². The minimum absolute atomic E-state index is 0.157. The molecule has 0 radical (unpaired) electrons. The highest BCUT2D eigenvalue weighted by Crippen LogP contribution is 2.28. The van der Waals surface area contributed by atoms with Gasteiger partial charge in [0, 0.05) is 25.7 Å². The van der Waals surface area contributed by atoms with Crippen LogP contribution in [0.5, 0.6) is 0 Å². The highest BCUT2D eigenvalue weighted by atomic mass is 35.5. The highest BCUT2D eigenvalue weighted by Gasteiger charge is 2.17. The summed E-state index contributed by atoms with van der Waals surface area (Å²) in [6.45, 7) is 6.21. The maximum atomic E-state index is 13.0. The number of fused-ring (bicyclic) bond motifs is 1. The first-order valence-electron chi connectivity index (χ1n) is 8.64.